The summed E-state index contributed by atoms with van der Waals surface area (Å²) >= 11 is 0. The van der Waals surface area contributed by atoms with Gasteiger partial charge >= 0.3 is 0 Å². The van der Waals surface area contributed by atoms with Crippen LogP contribution in [0.25, 0.3) is 0 Å². The first kappa shape index (κ1) is 10.2. The monoisotopic (exact) mass is 204 g/mol. The molecule has 0 atom stereocenters. The molecule has 1 N–H and O–H groups in total. The number of nitrogens with zero attached hydrogens (tertiary/aromatic N) is 1. The van der Waals surface area contributed by atoms with Gasteiger partial charge in [0, 0.05) is 26.2 Å². The molecule has 1 aromatic carbocycles. The van der Waals surface area contributed by atoms with E-state index in [4.69, 9.17) is 0 Å². The van der Waals surface area contributed by atoms with Crippen molar-refractivity contribution in [1.29, 1.82) is 0 Å². The van der Waals surface area contributed by atoms with Crippen molar-refractivity contribution in [3.8, 4) is 0 Å². The van der Waals surface area contributed by atoms with Gasteiger partial charge in [-0.25, -0.2) is 0 Å². The maximum Gasteiger partial charge on any atom is 0.253 e. The van der Waals surface area contributed by atoms with Crippen molar-refractivity contribution in [2.75, 3.05) is 20.6 Å². The number of benzene rings is 1. The Morgan fingerprint density at radius 3 is 2.87 bits per heavy atom. The van der Waals surface area contributed by atoms with E-state index >= 15 is 0 Å². The number of rotatable bonds is 1. The third-order valence-corrected chi connectivity index (χ3v) is 2.75. The molecule has 0 unspecified atom stereocenters. The first-order valence-electron chi connectivity index (χ1n) is 5.22. The summed E-state index contributed by atoms with van der Waals surface area (Å²) in [5.41, 5.74) is 3.42. The van der Waals surface area contributed by atoms with Crippen LogP contribution >= 0.6 is 0 Å². The topological polar surface area (TPSA) is 32.3 Å². The van der Waals surface area contributed by atoms with Crippen LogP contribution in [0, 0.1) is 0 Å². The summed E-state index contributed by atoms with van der Waals surface area (Å²) in [4.78, 5) is 13.4. The maximum atomic E-state index is 11.7. The van der Waals surface area contributed by atoms with Gasteiger partial charge in [0.2, 0.25) is 0 Å². The number of amides is 1. The Hall–Kier alpha value is -1.35. The number of hydrogen-bond donors (Lipinski definition) is 1. The molecule has 0 saturated carbocycles. The summed E-state index contributed by atoms with van der Waals surface area (Å²) < 4.78 is 0. The van der Waals surface area contributed by atoms with Gasteiger partial charge in [-0.2, -0.15) is 0 Å². The molecule has 1 aliphatic heterocycles. The van der Waals surface area contributed by atoms with Crippen LogP contribution in [0.1, 0.15) is 21.5 Å². The normalized spacial score (nSPS) is 14.5. The molecule has 1 aliphatic rings. The highest BCUT2D eigenvalue weighted by Crippen LogP contribution is 2.16. The second kappa shape index (κ2) is 4.03. The second-order valence-electron chi connectivity index (χ2n) is 4.11. The molecule has 3 heteroatoms. The quantitative estimate of drug-likeness (QED) is 0.741. The van der Waals surface area contributed by atoms with E-state index in [9.17, 15) is 4.79 Å². The summed E-state index contributed by atoms with van der Waals surface area (Å²) in [7, 11) is 3.56. The van der Waals surface area contributed by atoms with Crippen molar-refractivity contribution >= 4 is 5.91 Å². The highest BCUT2D eigenvalue weighted by Gasteiger charge is 2.13. The molecule has 0 fully saturated rings. The molecule has 3 nitrogen and oxygen atoms in total. The summed E-state index contributed by atoms with van der Waals surface area (Å²) in [5, 5.41) is 3.32. The largest absolute Gasteiger partial charge is 0.345 e. The highest BCUT2D eigenvalue weighted by atomic mass is 16.2. The Morgan fingerprint density at radius 1 is 1.33 bits per heavy atom. The lowest BCUT2D eigenvalue weighted by Crippen LogP contribution is -2.25. The second-order valence-corrected chi connectivity index (χ2v) is 4.11. The smallest absolute Gasteiger partial charge is 0.253 e. The van der Waals surface area contributed by atoms with E-state index in [1.165, 1.54) is 11.1 Å². The molecular formula is C12H16N2O. The zero-order chi connectivity index (χ0) is 10.8. The fourth-order valence-electron chi connectivity index (χ4n) is 1.87. The molecule has 0 bridgehead atoms. The molecule has 80 valence electrons. The Bertz CT molecular complexity index is 385. The minimum Gasteiger partial charge on any atom is -0.345 e. The third kappa shape index (κ3) is 2.02. The van der Waals surface area contributed by atoms with E-state index in [1.54, 1.807) is 19.0 Å². The number of carbonyl (C=O) groups excluding carboxylic acids is 1. The van der Waals surface area contributed by atoms with Crippen LogP contribution < -0.4 is 5.32 Å². The van der Waals surface area contributed by atoms with E-state index in [0.717, 1.165) is 25.1 Å². The predicted molar refractivity (Wildman–Crippen MR) is 59.9 cm³/mol. The fourth-order valence-corrected chi connectivity index (χ4v) is 1.87. The minimum absolute atomic E-state index is 0.0799. The zero-order valence-corrected chi connectivity index (χ0v) is 9.21. The zero-order valence-electron chi connectivity index (χ0n) is 9.21. The van der Waals surface area contributed by atoms with Gasteiger partial charge in [0.25, 0.3) is 5.91 Å². The molecule has 15 heavy (non-hydrogen) atoms. The molecule has 0 saturated heterocycles. The molecule has 0 aromatic heterocycles. The summed E-state index contributed by atoms with van der Waals surface area (Å²) in [5.74, 6) is 0.0799. The van der Waals surface area contributed by atoms with Crippen LogP contribution in [-0.4, -0.2) is 31.4 Å². The Labute approximate surface area is 90.1 Å². The van der Waals surface area contributed by atoms with Gasteiger partial charge in [-0.15, -0.1) is 0 Å². The third-order valence-electron chi connectivity index (χ3n) is 2.75. The highest BCUT2D eigenvalue weighted by molar-refractivity contribution is 5.94. The van der Waals surface area contributed by atoms with E-state index in [-0.39, 0.29) is 5.91 Å². The van der Waals surface area contributed by atoms with Gasteiger partial charge < -0.3 is 10.2 Å². The van der Waals surface area contributed by atoms with Crippen LogP contribution in [0.4, 0.5) is 0 Å². The van der Waals surface area contributed by atoms with Gasteiger partial charge in [0.05, 0.1) is 0 Å². The molecule has 2 rings (SSSR count). The van der Waals surface area contributed by atoms with E-state index in [1.807, 2.05) is 12.1 Å². The van der Waals surface area contributed by atoms with E-state index in [2.05, 4.69) is 11.4 Å². The predicted octanol–water partition coefficient (Wildman–Crippen LogP) is 1.03. The standard InChI is InChI=1S/C12H16N2O/c1-14(2)12(15)10-3-4-11-8-13-6-5-9(11)7-10/h3-4,7,13H,5-6,8H2,1-2H3. The van der Waals surface area contributed by atoms with Crippen molar-refractivity contribution in [2.45, 2.75) is 13.0 Å². The van der Waals surface area contributed by atoms with Gasteiger partial charge in [-0.05, 0) is 36.2 Å². The Morgan fingerprint density at radius 2 is 2.13 bits per heavy atom. The number of hydrogen-bond acceptors (Lipinski definition) is 2. The van der Waals surface area contributed by atoms with Crippen molar-refractivity contribution in [3.63, 3.8) is 0 Å². The molecule has 0 radical (unpaired) electrons. The lowest BCUT2D eigenvalue weighted by molar-refractivity contribution is 0.0827. The molecular weight excluding hydrogens is 188 g/mol. The average molecular weight is 204 g/mol. The van der Waals surface area contributed by atoms with Gasteiger partial charge in [-0.1, -0.05) is 6.07 Å². The van der Waals surface area contributed by atoms with Gasteiger partial charge in [0.1, 0.15) is 0 Å². The van der Waals surface area contributed by atoms with Crippen LogP contribution in [0.2, 0.25) is 0 Å². The summed E-state index contributed by atoms with van der Waals surface area (Å²) in [6.45, 7) is 1.93. The fraction of sp³-hybridized carbons (Fsp3) is 0.417. The SMILES string of the molecule is CN(C)C(=O)c1ccc2c(c1)CCNC2. The van der Waals surface area contributed by atoms with Crippen LogP contribution in [0.15, 0.2) is 18.2 Å². The van der Waals surface area contributed by atoms with Crippen LogP contribution in [0.3, 0.4) is 0 Å². The van der Waals surface area contributed by atoms with E-state index in [0.29, 0.717) is 0 Å². The van der Waals surface area contributed by atoms with Crippen molar-refractivity contribution in [3.05, 3.63) is 34.9 Å². The molecule has 1 amide bonds. The van der Waals surface area contributed by atoms with Gasteiger partial charge in [0.15, 0.2) is 0 Å². The number of carbonyl (C=O) groups is 1. The lowest BCUT2D eigenvalue weighted by Gasteiger charge is -2.18. The summed E-state index contributed by atoms with van der Waals surface area (Å²) in [6.07, 6.45) is 1.02. The van der Waals surface area contributed by atoms with Crippen molar-refractivity contribution < 1.29 is 4.79 Å². The lowest BCUT2D eigenvalue weighted by atomic mass is 9.98. The van der Waals surface area contributed by atoms with Crippen LogP contribution in [0.5, 0.6) is 0 Å². The number of nitrogens with one attached hydrogen (secondary N) is 1. The van der Waals surface area contributed by atoms with Gasteiger partial charge in [-0.3, -0.25) is 4.79 Å². The molecule has 1 aromatic rings. The molecule has 1 heterocycles. The first-order chi connectivity index (χ1) is 7.18. The average Bonchev–Trinajstić information content (AvgIpc) is 2.27. The minimum atomic E-state index is 0.0799. The molecule has 0 aliphatic carbocycles. The van der Waals surface area contributed by atoms with Crippen molar-refractivity contribution in [2.24, 2.45) is 0 Å². The van der Waals surface area contributed by atoms with Crippen LogP contribution in [-0.2, 0) is 13.0 Å². The Balaban J connectivity index is 2.32. The van der Waals surface area contributed by atoms with Crippen molar-refractivity contribution in [1.82, 2.24) is 10.2 Å². The Kier molecular flexibility index (Phi) is 2.73. The first-order valence-corrected chi connectivity index (χ1v) is 5.22. The maximum absolute atomic E-state index is 11.7. The number of fused-ring (bicyclic) bond motifs is 1. The van der Waals surface area contributed by atoms with E-state index < -0.39 is 0 Å². The summed E-state index contributed by atoms with van der Waals surface area (Å²) in [6, 6.07) is 5.99. The molecule has 0 spiro atoms.